The number of carbonyl (C=O) groups excluding carboxylic acids is 3. The van der Waals surface area contributed by atoms with Crippen molar-refractivity contribution in [2.75, 3.05) is 11.4 Å². The summed E-state index contributed by atoms with van der Waals surface area (Å²) >= 11 is 0. The van der Waals surface area contributed by atoms with Crippen LogP contribution in [0.3, 0.4) is 0 Å². The summed E-state index contributed by atoms with van der Waals surface area (Å²) in [5, 5.41) is 10.3. The van der Waals surface area contributed by atoms with Crippen LogP contribution in [0.5, 0.6) is 0 Å². The smallest absolute Gasteiger partial charge is 0.372 e. The van der Waals surface area contributed by atoms with Gasteiger partial charge in [-0.15, -0.1) is 5.10 Å². The molecule has 2 saturated heterocycles. The Morgan fingerprint density at radius 2 is 1.77 bits per heavy atom. The highest BCUT2D eigenvalue weighted by atomic mass is 19.4. The molecule has 2 fully saturated rings. The average molecular weight is 500 g/mol. The summed E-state index contributed by atoms with van der Waals surface area (Å²) < 4.78 is 75.8. The molecule has 186 valence electrons. The van der Waals surface area contributed by atoms with E-state index in [1.807, 2.05) is 10.6 Å². The lowest BCUT2D eigenvalue weighted by molar-refractivity contribution is -0.153. The van der Waals surface area contributed by atoms with Crippen molar-refractivity contribution in [3.8, 4) is 5.69 Å². The number of carbonyl (C=O) groups is 3. The van der Waals surface area contributed by atoms with Crippen molar-refractivity contribution >= 4 is 23.5 Å². The fourth-order valence-corrected chi connectivity index (χ4v) is 5.20. The normalized spacial score (nSPS) is 25.7. The molecule has 1 spiro atoms. The van der Waals surface area contributed by atoms with Crippen LogP contribution in [0.4, 0.5) is 32.4 Å². The quantitative estimate of drug-likeness (QED) is 0.450. The molecular formula is C20H17F5N6O4. The van der Waals surface area contributed by atoms with Gasteiger partial charge in [0.1, 0.15) is 5.69 Å². The average Bonchev–Trinajstić information content (AvgIpc) is 3.24. The van der Waals surface area contributed by atoms with Gasteiger partial charge in [0.2, 0.25) is 11.8 Å². The number of imide groups is 2. The first kappa shape index (κ1) is 23.1. The highest BCUT2D eigenvalue weighted by Gasteiger charge is 2.63. The molecule has 4 heterocycles. The highest BCUT2D eigenvalue weighted by Crippen LogP contribution is 2.48. The molecule has 35 heavy (non-hydrogen) atoms. The molecule has 4 amide bonds. The van der Waals surface area contributed by atoms with Gasteiger partial charge in [0.15, 0.2) is 22.7 Å². The third kappa shape index (κ3) is 3.28. The van der Waals surface area contributed by atoms with Crippen molar-refractivity contribution in [3.63, 3.8) is 0 Å². The van der Waals surface area contributed by atoms with Crippen molar-refractivity contribution < 1.29 is 41.1 Å². The topological polar surface area (TPSA) is 118 Å². The van der Waals surface area contributed by atoms with E-state index in [4.69, 9.17) is 4.74 Å². The fourth-order valence-electron chi connectivity index (χ4n) is 5.20. The SMILES string of the molecule is C[C@@H]1CN2c3c(cc(-n4cc(C(F)(F)F)nn4)c(F)c3F)CC3(C(=O)NC(=O)NC3=O)[C@H]2[C@H](C)O1. The van der Waals surface area contributed by atoms with Crippen molar-refractivity contribution in [1.82, 2.24) is 25.6 Å². The summed E-state index contributed by atoms with van der Waals surface area (Å²) in [5.74, 6) is -4.79. The minimum Gasteiger partial charge on any atom is -0.372 e. The van der Waals surface area contributed by atoms with Crippen LogP contribution in [0.1, 0.15) is 25.1 Å². The van der Waals surface area contributed by atoms with Gasteiger partial charge in [-0.05, 0) is 25.5 Å². The standard InChI is InChI=1S/C20H17F5N6O4/c1-7-5-30-14-9(3-10(12(21)13(14)22)31-6-11(28-29-31)20(23,24)25)4-19(15(30)8(2)35-7)16(32)26-18(34)27-17(19)33/h3,6-8,15H,4-5H2,1-2H3,(H2,26,27,32,33,34)/t7-,8+,15-/m1/s1. The lowest BCUT2D eigenvalue weighted by atomic mass is 9.66. The Labute approximate surface area is 193 Å². The predicted molar refractivity (Wildman–Crippen MR) is 105 cm³/mol. The molecule has 0 unspecified atom stereocenters. The Hall–Kier alpha value is -3.62. The monoisotopic (exact) mass is 500 g/mol. The van der Waals surface area contributed by atoms with E-state index in [9.17, 15) is 27.6 Å². The summed E-state index contributed by atoms with van der Waals surface area (Å²) in [6.45, 7) is 3.19. The Balaban J connectivity index is 1.72. The Bertz CT molecular complexity index is 1260. The number of aromatic nitrogens is 3. The van der Waals surface area contributed by atoms with Crippen molar-refractivity contribution in [1.29, 1.82) is 0 Å². The maximum atomic E-state index is 15.5. The van der Waals surface area contributed by atoms with Crippen LogP contribution in [0.15, 0.2) is 12.3 Å². The first-order chi connectivity index (χ1) is 16.3. The van der Waals surface area contributed by atoms with E-state index >= 15 is 8.78 Å². The highest BCUT2D eigenvalue weighted by molar-refractivity contribution is 6.20. The van der Waals surface area contributed by atoms with Crippen molar-refractivity contribution in [2.24, 2.45) is 5.41 Å². The van der Waals surface area contributed by atoms with Crippen LogP contribution in [-0.2, 0) is 26.9 Å². The zero-order chi connectivity index (χ0) is 25.4. The predicted octanol–water partition coefficient (Wildman–Crippen LogP) is 1.45. The molecule has 1 aromatic carbocycles. The minimum atomic E-state index is -4.87. The maximum absolute atomic E-state index is 15.5. The number of hydrogen-bond acceptors (Lipinski definition) is 7. The van der Waals surface area contributed by atoms with Gasteiger partial charge in [0.05, 0.1) is 30.1 Å². The van der Waals surface area contributed by atoms with Crippen LogP contribution < -0.4 is 15.5 Å². The number of halogens is 5. The summed E-state index contributed by atoms with van der Waals surface area (Å²) in [6, 6.07) is -1.13. The number of rotatable bonds is 1. The van der Waals surface area contributed by atoms with E-state index in [1.54, 1.807) is 13.8 Å². The number of ether oxygens (including phenoxy) is 1. The summed E-state index contributed by atoms with van der Waals surface area (Å²) in [6.07, 6.45) is -6.29. The Morgan fingerprint density at radius 1 is 1.11 bits per heavy atom. The van der Waals surface area contributed by atoms with Crippen LogP contribution in [0.2, 0.25) is 0 Å². The number of urea groups is 1. The zero-order valence-corrected chi connectivity index (χ0v) is 18.1. The number of benzene rings is 1. The molecule has 15 heteroatoms. The van der Waals surface area contributed by atoms with Gasteiger partial charge in [-0.1, -0.05) is 5.21 Å². The van der Waals surface area contributed by atoms with Crippen LogP contribution in [-0.4, -0.2) is 57.6 Å². The fraction of sp³-hybridized carbons (Fsp3) is 0.450. The number of nitrogens with zero attached hydrogens (tertiary/aromatic N) is 4. The van der Waals surface area contributed by atoms with Crippen molar-refractivity contribution in [3.05, 3.63) is 35.2 Å². The van der Waals surface area contributed by atoms with Crippen LogP contribution >= 0.6 is 0 Å². The third-order valence-corrected chi connectivity index (χ3v) is 6.48. The number of morpholine rings is 1. The number of nitrogens with one attached hydrogen (secondary N) is 2. The first-order valence-electron chi connectivity index (χ1n) is 10.4. The van der Waals surface area contributed by atoms with Gasteiger partial charge in [-0.25, -0.2) is 18.3 Å². The molecule has 1 aromatic heterocycles. The van der Waals surface area contributed by atoms with E-state index in [-0.39, 0.29) is 17.8 Å². The Morgan fingerprint density at radius 3 is 2.37 bits per heavy atom. The van der Waals surface area contributed by atoms with Gasteiger partial charge in [0.25, 0.3) is 0 Å². The van der Waals surface area contributed by atoms with Gasteiger partial charge in [0, 0.05) is 13.0 Å². The molecule has 2 aromatic rings. The van der Waals surface area contributed by atoms with Gasteiger partial charge in [-0.2, -0.15) is 13.2 Å². The van der Waals surface area contributed by atoms with Gasteiger partial charge in [-0.3, -0.25) is 20.2 Å². The third-order valence-electron chi connectivity index (χ3n) is 6.48. The zero-order valence-electron chi connectivity index (χ0n) is 18.1. The number of alkyl halides is 3. The second kappa shape index (κ2) is 7.44. The molecule has 2 N–H and O–H groups in total. The maximum Gasteiger partial charge on any atom is 0.436 e. The van der Waals surface area contributed by atoms with Crippen LogP contribution in [0.25, 0.3) is 5.69 Å². The van der Waals surface area contributed by atoms with E-state index in [0.29, 0.717) is 10.9 Å². The minimum absolute atomic E-state index is 0.0322. The van der Waals surface area contributed by atoms with Gasteiger partial charge < -0.3 is 9.64 Å². The number of hydrogen-bond donors (Lipinski definition) is 2. The molecular weight excluding hydrogens is 483 g/mol. The van der Waals surface area contributed by atoms with Crippen molar-refractivity contribution in [2.45, 2.75) is 44.7 Å². The molecule has 3 aliphatic heterocycles. The lowest BCUT2D eigenvalue weighted by Gasteiger charge is -2.55. The van der Waals surface area contributed by atoms with E-state index in [2.05, 4.69) is 10.3 Å². The summed E-state index contributed by atoms with van der Waals surface area (Å²) in [7, 11) is 0. The number of fused-ring (bicyclic) bond motifs is 4. The largest absolute Gasteiger partial charge is 0.436 e. The number of barbiturate groups is 1. The second-order valence-corrected chi connectivity index (χ2v) is 8.71. The van der Waals surface area contributed by atoms with Crippen LogP contribution in [0, 0.1) is 17.0 Å². The molecule has 3 atom stereocenters. The number of anilines is 1. The summed E-state index contributed by atoms with van der Waals surface area (Å²) in [5.41, 5.74) is -4.38. The molecule has 0 saturated carbocycles. The van der Waals surface area contributed by atoms with E-state index in [0.717, 1.165) is 6.07 Å². The van der Waals surface area contributed by atoms with E-state index in [1.165, 1.54) is 4.90 Å². The second-order valence-electron chi connectivity index (χ2n) is 8.71. The molecule has 0 aliphatic carbocycles. The molecule has 5 rings (SSSR count). The molecule has 3 aliphatic rings. The number of amides is 4. The Kier molecular flexibility index (Phi) is 4.92. The summed E-state index contributed by atoms with van der Waals surface area (Å²) in [4.78, 5) is 39.3. The van der Waals surface area contributed by atoms with E-state index < -0.39 is 77.1 Å². The molecule has 0 radical (unpaired) electrons. The van der Waals surface area contributed by atoms with Gasteiger partial charge >= 0.3 is 12.2 Å². The molecule has 0 bridgehead atoms. The first-order valence-corrected chi connectivity index (χ1v) is 10.4. The lowest BCUT2D eigenvalue weighted by Crippen LogP contribution is -2.75. The molecule has 10 nitrogen and oxygen atoms in total.